The minimum absolute atomic E-state index is 0.279. The van der Waals surface area contributed by atoms with Gasteiger partial charge in [-0.3, -0.25) is 4.79 Å². The highest BCUT2D eigenvalue weighted by Gasteiger charge is 2.33. The number of amides is 1. The largest absolute Gasteiger partial charge is 0.345 e. The lowest BCUT2D eigenvalue weighted by Crippen LogP contribution is -2.42. The van der Waals surface area contributed by atoms with Crippen LogP contribution in [0.25, 0.3) is 0 Å². The van der Waals surface area contributed by atoms with Gasteiger partial charge in [0.1, 0.15) is 0 Å². The zero-order valence-corrected chi connectivity index (χ0v) is 16.7. The first-order valence-electron chi connectivity index (χ1n) is 10.9. The Morgan fingerprint density at radius 2 is 1.69 bits per heavy atom. The molecule has 1 aliphatic carbocycles. The van der Waals surface area contributed by atoms with Crippen molar-refractivity contribution in [2.24, 2.45) is 0 Å². The summed E-state index contributed by atoms with van der Waals surface area (Å²) in [6, 6.07) is 3.18. The molecule has 0 spiro atoms. The number of carbonyl (C=O) groups excluding carboxylic acids is 1. The summed E-state index contributed by atoms with van der Waals surface area (Å²) in [6.45, 7) is 8.80. The molecule has 2 aliphatic heterocycles. The summed E-state index contributed by atoms with van der Waals surface area (Å²) in [4.78, 5) is 18.1. The first-order chi connectivity index (χ1) is 12.6. The quantitative estimate of drug-likeness (QED) is 0.803. The SMILES string of the molecule is Cc1cc(C(=O)N2CCCC2CN2CCCC2)c(C)n1C1CCCCC1. The Labute approximate surface area is 158 Å². The van der Waals surface area contributed by atoms with E-state index in [2.05, 4.69) is 34.3 Å². The van der Waals surface area contributed by atoms with Crippen LogP contribution in [0, 0.1) is 13.8 Å². The van der Waals surface area contributed by atoms with Crippen LogP contribution in [0.2, 0.25) is 0 Å². The van der Waals surface area contributed by atoms with Crippen molar-refractivity contribution in [1.29, 1.82) is 0 Å². The second-order valence-electron chi connectivity index (χ2n) is 8.75. The fourth-order valence-corrected chi connectivity index (χ4v) is 5.61. The van der Waals surface area contributed by atoms with E-state index in [0.29, 0.717) is 12.1 Å². The standard InChI is InChI=1S/C22H35N3O/c1-17-15-21(18(2)25(17)19-9-4-3-5-10-19)22(26)24-14-8-11-20(24)16-23-12-6-7-13-23/h15,19-20H,3-14,16H2,1-2H3. The molecule has 1 amide bonds. The number of aryl methyl sites for hydroxylation is 1. The highest BCUT2D eigenvalue weighted by molar-refractivity contribution is 5.96. The van der Waals surface area contributed by atoms with Crippen LogP contribution >= 0.6 is 0 Å². The predicted octanol–water partition coefficient (Wildman–Crippen LogP) is 4.31. The second kappa shape index (κ2) is 7.75. The second-order valence-corrected chi connectivity index (χ2v) is 8.75. The Hall–Kier alpha value is -1.29. The van der Waals surface area contributed by atoms with E-state index in [-0.39, 0.29) is 5.91 Å². The van der Waals surface area contributed by atoms with Gasteiger partial charge in [0.15, 0.2) is 0 Å². The van der Waals surface area contributed by atoms with Gasteiger partial charge in [0.2, 0.25) is 0 Å². The van der Waals surface area contributed by atoms with Crippen LogP contribution < -0.4 is 0 Å². The van der Waals surface area contributed by atoms with Gasteiger partial charge in [0.25, 0.3) is 5.91 Å². The molecule has 1 saturated carbocycles. The summed E-state index contributed by atoms with van der Waals surface area (Å²) >= 11 is 0. The van der Waals surface area contributed by atoms with Crippen LogP contribution in [-0.2, 0) is 0 Å². The van der Waals surface area contributed by atoms with Crippen molar-refractivity contribution in [1.82, 2.24) is 14.4 Å². The third-order valence-electron chi connectivity index (χ3n) is 6.96. The molecule has 2 saturated heterocycles. The molecule has 3 aliphatic rings. The molecule has 4 rings (SSSR count). The van der Waals surface area contributed by atoms with E-state index in [1.807, 2.05) is 0 Å². The van der Waals surface area contributed by atoms with Crippen molar-refractivity contribution < 1.29 is 4.79 Å². The molecule has 0 N–H and O–H groups in total. The molecule has 3 heterocycles. The molecule has 1 aromatic rings. The lowest BCUT2D eigenvalue weighted by molar-refractivity contribution is 0.0707. The lowest BCUT2D eigenvalue weighted by Gasteiger charge is -2.29. The van der Waals surface area contributed by atoms with Crippen LogP contribution in [-0.4, -0.2) is 52.5 Å². The summed E-state index contributed by atoms with van der Waals surface area (Å²) < 4.78 is 2.47. The van der Waals surface area contributed by atoms with Gasteiger partial charge < -0.3 is 14.4 Å². The fraction of sp³-hybridized carbons (Fsp3) is 0.773. The first-order valence-corrected chi connectivity index (χ1v) is 10.9. The normalized spacial score (nSPS) is 25.3. The maximum Gasteiger partial charge on any atom is 0.255 e. The molecular weight excluding hydrogens is 322 g/mol. The summed E-state index contributed by atoms with van der Waals surface area (Å²) in [5.41, 5.74) is 3.43. The van der Waals surface area contributed by atoms with Crippen LogP contribution in [0.5, 0.6) is 0 Å². The molecule has 0 radical (unpaired) electrons. The Morgan fingerprint density at radius 1 is 0.962 bits per heavy atom. The fourth-order valence-electron chi connectivity index (χ4n) is 5.61. The molecule has 0 aromatic carbocycles. The number of nitrogens with zero attached hydrogens (tertiary/aromatic N) is 3. The van der Waals surface area contributed by atoms with E-state index in [9.17, 15) is 4.79 Å². The van der Waals surface area contributed by atoms with E-state index in [0.717, 1.165) is 25.1 Å². The van der Waals surface area contributed by atoms with Crippen molar-refractivity contribution >= 4 is 5.91 Å². The molecule has 3 fully saturated rings. The number of likely N-dealkylation sites (tertiary alicyclic amines) is 2. The van der Waals surface area contributed by atoms with E-state index >= 15 is 0 Å². The van der Waals surface area contributed by atoms with Gasteiger partial charge in [0, 0.05) is 36.6 Å². The minimum atomic E-state index is 0.279. The average Bonchev–Trinajstić information content (AvgIpc) is 3.37. The van der Waals surface area contributed by atoms with Crippen LogP contribution in [0.4, 0.5) is 0 Å². The molecule has 0 bridgehead atoms. The van der Waals surface area contributed by atoms with Crippen molar-refractivity contribution in [3.05, 3.63) is 23.0 Å². The third-order valence-corrected chi connectivity index (χ3v) is 6.96. The maximum atomic E-state index is 13.4. The van der Waals surface area contributed by atoms with Gasteiger partial charge in [-0.05, 0) is 71.5 Å². The van der Waals surface area contributed by atoms with E-state index in [4.69, 9.17) is 0 Å². The zero-order valence-electron chi connectivity index (χ0n) is 16.7. The van der Waals surface area contributed by atoms with Crippen LogP contribution in [0.1, 0.15) is 85.6 Å². The minimum Gasteiger partial charge on any atom is -0.345 e. The zero-order chi connectivity index (χ0) is 18.1. The number of aromatic nitrogens is 1. The Kier molecular flexibility index (Phi) is 5.40. The molecule has 1 aromatic heterocycles. The smallest absolute Gasteiger partial charge is 0.255 e. The number of hydrogen-bond donors (Lipinski definition) is 0. The third kappa shape index (κ3) is 3.45. The number of carbonyl (C=O) groups is 1. The van der Waals surface area contributed by atoms with Crippen molar-refractivity contribution in [2.45, 2.75) is 83.7 Å². The van der Waals surface area contributed by atoms with Gasteiger partial charge in [-0.15, -0.1) is 0 Å². The molecule has 144 valence electrons. The molecule has 4 nitrogen and oxygen atoms in total. The topological polar surface area (TPSA) is 28.5 Å². The molecule has 26 heavy (non-hydrogen) atoms. The summed E-state index contributed by atoms with van der Waals surface area (Å²) in [5.74, 6) is 0.279. The molecule has 1 unspecified atom stereocenters. The number of hydrogen-bond acceptors (Lipinski definition) is 2. The monoisotopic (exact) mass is 357 g/mol. The lowest BCUT2D eigenvalue weighted by atomic mass is 9.95. The Balaban J connectivity index is 1.51. The molecule has 4 heteroatoms. The van der Waals surface area contributed by atoms with Crippen LogP contribution in [0.15, 0.2) is 6.07 Å². The predicted molar refractivity (Wildman–Crippen MR) is 106 cm³/mol. The van der Waals surface area contributed by atoms with Crippen molar-refractivity contribution in [3.8, 4) is 0 Å². The molecular formula is C22H35N3O. The van der Waals surface area contributed by atoms with Gasteiger partial charge >= 0.3 is 0 Å². The van der Waals surface area contributed by atoms with E-state index < -0.39 is 0 Å². The summed E-state index contributed by atoms with van der Waals surface area (Å²) in [7, 11) is 0. The van der Waals surface area contributed by atoms with Gasteiger partial charge in [-0.25, -0.2) is 0 Å². The maximum absolute atomic E-state index is 13.4. The first kappa shape index (κ1) is 18.1. The highest BCUT2D eigenvalue weighted by Crippen LogP contribution is 2.33. The van der Waals surface area contributed by atoms with Gasteiger partial charge in [0.05, 0.1) is 5.56 Å². The summed E-state index contributed by atoms with van der Waals surface area (Å²) in [5, 5.41) is 0. The van der Waals surface area contributed by atoms with Crippen LogP contribution in [0.3, 0.4) is 0 Å². The Bertz CT molecular complexity index is 638. The Morgan fingerprint density at radius 3 is 2.42 bits per heavy atom. The summed E-state index contributed by atoms with van der Waals surface area (Å²) in [6.07, 6.45) is 11.5. The van der Waals surface area contributed by atoms with Crippen molar-refractivity contribution in [2.75, 3.05) is 26.2 Å². The highest BCUT2D eigenvalue weighted by atomic mass is 16.2. The van der Waals surface area contributed by atoms with Gasteiger partial charge in [-0.1, -0.05) is 19.3 Å². The van der Waals surface area contributed by atoms with E-state index in [1.54, 1.807) is 0 Å². The van der Waals surface area contributed by atoms with E-state index in [1.165, 1.54) is 75.8 Å². The number of rotatable bonds is 4. The van der Waals surface area contributed by atoms with Gasteiger partial charge in [-0.2, -0.15) is 0 Å². The van der Waals surface area contributed by atoms with Crippen molar-refractivity contribution in [3.63, 3.8) is 0 Å². The molecule has 1 atom stereocenters. The average molecular weight is 358 g/mol.